The van der Waals surface area contributed by atoms with Gasteiger partial charge >= 0.3 is 0 Å². The van der Waals surface area contributed by atoms with Crippen LogP contribution in [0, 0.1) is 5.82 Å². The number of hydrogen-bond donors (Lipinski definition) is 1. The van der Waals surface area contributed by atoms with Crippen LogP contribution in [0.3, 0.4) is 0 Å². The van der Waals surface area contributed by atoms with Crippen molar-refractivity contribution >= 4 is 23.5 Å². The van der Waals surface area contributed by atoms with Crippen molar-refractivity contribution in [2.45, 2.75) is 36.2 Å². The van der Waals surface area contributed by atoms with Gasteiger partial charge in [-0.25, -0.2) is 9.07 Å². The lowest BCUT2D eigenvalue weighted by Crippen LogP contribution is -2.31. The first-order chi connectivity index (χ1) is 17.0. The molecular weight excluding hydrogens is 471 g/mol. The zero-order valence-electron chi connectivity index (χ0n) is 19.6. The Hall–Kier alpha value is -3.53. The van der Waals surface area contributed by atoms with Crippen LogP contribution in [0.4, 0.5) is 10.3 Å². The van der Waals surface area contributed by atoms with Gasteiger partial charge in [0.2, 0.25) is 11.1 Å². The first-order valence-corrected chi connectivity index (χ1v) is 12.2. The van der Waals surface area contributed by atoms with E-state index < -0.39 is 6.04 Å². The summed E-state index contributed by atoms with van der Waals surface area (Å²) in [5.41, 5.74) is 3.06. The Labute approximate surface area is 206 Å². The van der Waals surface area contributed by atoms with E-state index in [0.717, 1.165) is 29.7 Å². The molecule has 0 radical (unpaired) electrons. The van der Waals surface area contributed by atoms with E-state index in [1.165, 1.54) is 23.9 Å². The summed E-state index contributed by atoms with van der Waals surface area (Å²) in [5.74, 6) is 2.44. The maximum atomic E-state index is 13.6. The van der Waals surface area contributed by atoms with Crippen LogP contribution >= 0.6 is 11.8 Å². The molecule has 1 aromatic heterocycles. The molecule has 3 aromatic rings. The zero-order chi connectivity index (χ0) is 24.5. The maximum absolute atomic E-state index is 13.6. The molecule has 0 fully saturated rings. The molecule has 0 saturated heterocycles. The molecular formula is C25H25FN4O4S. The number of anilines is 1. The van der Waals surface area contributed by atoms with Crippen LogP contribution in [0.1, 0.15) is 36.4 Å². The van der Waals surface area contributed by atoms with Crippen molar-refractivity contribution in [3.63, 3.8) is 0 Å². The summed E-state index contributed by atoms with van der Waals surface area (Å²) in [5, 5.41) is 8.59. The van der Waals surface area contributed by atoms with Gasteiger partial charge in [0.25, 0.3) is 0 Å². The molecule has 1 aliphatic heterocycles. The maximum Gasteiger partial charge on any atom is 0.227 e. The van der Waals surface area contributed by atoms with E-state index in [2.05, 4.69) is 10.3 Å². The van der Waals surface area contributed by atoms with Crippen molar-refractivity contribution in [3.05, 3.63) is 64.6 Å². The Balaban J connectivity index is 1.58. The molecule has 8 nitrogen and oxygen atoms in total. The predicted octanol–water partition coefficient (Wildman–Crippen LogP) is 4.76. The highest BCUT2D eigenvalue weighted by molar-refractivity contribution is 7.98. The van der Waals surface area contributed by atoms with Crippen LogP contribution in [0.5, 0.6) is 17.2 Å². The van der Waals surface area contributed by atoms with Gasteiger partial charge < -0.3 is 19.5 Å². The van der Waals surface area contributed by atoms with E-state index in [1.54, 1.807) is 38.1 Å². The van der Waals surface area contributed by atoms with Gasteiger partial charge in [-0.15, -0.1) is 5.10 Å². The summed E-state index contributed by atoms with van der Waals surface area (Å²) in [6.07, 6.45) is 1.99. The number of benzene rings is 2. The molecule has 2 aliphatic rings. The largest absolute Gasteiger partial charge is 0.496 e. The molecule has 0 amide bonds. The molecule has 35 heavy (non-hydrogen) atoms. The average Bonchev–Trinajstić information content (AvgIpc) is 3.28. The van der Waals surface area contributed by atoms with Crippen LogP contribution in [0.15, 0.2) is 52.8 Å². The number of rotatable bonds is 7. The fourth-order valence-corrected chi connectivity index (χ4v) is 5.30. The van der Waals surface area contributed by atoms with Crippen molar-refractivity contribution in [1.29, 1.82) is 0 Å². The molecule has 1 atom stereocenters. The first-order valence-electron chi connectivity index (χ1n) is 11.2. The number of nitrogens with zero attached hydrogens (tertiary/aromatic N) is 3. The molecule has 182 valence electrons. The third-order valence-electron chi connectivity index (χ3n) is 6.14. The highest BCUT2D eigenvalue weighted by atomic mass is 32.2. The number of carbonyl (C=O) groups excluding carboxylic acids is 1. The summed E-state index contributed by atoms with van der Waals surface area (Å²) in [7, 11) is 4.70. The first kappa shape index (κ1) is 23.2. The molecule has 0 saturated carbocycles. The monoisotopic (exact) mass is 496 g/mol. The minimum absolute atomic E-state index is 0.0655. The lowest BCUT2D eigenvalue weighted by atomic mass is 9.85. The SMILES string of the molecule is COc1cc(OC)c([C@H]2C3=C(CCCC3=O)Nc3nc(SCc4cccc(F)c4)nn32)cc1OC. The van der Waals surface area contributed by atoms with Crippen LogP contribution in [0.25, 0.3) is 0 Å². The van der Waals surface area contributed by atoms with E-state index in [4.69, 9.17) is 19.3 Å². The number of ketones is 1. The number of Topliss-reactive ketones (excluding diaryl/α,β-unsaturated/α-hetero) is 1. The Bertz CT molecular complexity index is 1320. The lowest BCUT2D eigenvalue weighted by Gasteiger charge is -2.33. The molecule has 2 aromatic carbocycles. The summed E-state index contributed by atoms with van der Waals surface area (Å²) in [6.45, 7) is 0. The van der Waals surface area contributed by atoms with Gasteiger partial charge in [-0.3, -0.25) is 4.79 Å². The summed E-state index contributed by atoms with van der Waals surface area (Å²) < 4.78 is 32.0. The molecule has 0 spiro atoms. The normalized spacial score (nSPS) is 16.9. The Morgan fingerprint density at radius 1 is 1.09 bits per heavy atom. The van der Waals surface area contributed by atoms with Crippen LogP contribution in [-0.2, 0) is 10.5 Å². The Morgan fingerprint density at radius 2 is 1.86 bits per heavy atom. The second-order valence-corrected chi connectivity index (χ2v) is 9.17. The van der Waals surface area contributed by atoms with Crippen molar-refractivity contribution in [3.8, 4) is 17.2 Å². The van der Waals surface area contributed by atoms with Gasteiger partial charge in [-0.05, 0) is 36.6 Å². The number of allylic oxidation sites excluding steroid dienone is 2. The molecule has 10 heteroatoms. The lowest BCUT2D eigenvalue weighted by molar-refractivity contribution is -0.116. The molecule has 1 aliphatic carbocycles. The smallest absolute Gasteiger partial charge is 0.227 e. The van der Waals surface area contributed by atoms with Crippen molar-refractivity contribution in [2.24, 2.45) is 0 Å². The van der Waals surface area contributed by atoms with Crippen molar-refractivity contribution < 1.29 is 23.4 Å². The quantitative estimate of drug-likeness (QED) is 0.469. The van der Waals surface area contributed by atoms with E-state index >= 15 is 0 Å². The number of aromatic nitrogens is 3. The fourth-order valence-electron chi connectivity index (χ4n) is 4.53. The number of thioether (sulfide) groups is 1. The van der Waals surface area contributed by atoms with E-state index in [1.807, 2.05) is 12.1 Å². The molecule has 0 unspecified atom stereocenters. The highest BCUT2D eigenvalue weighted by Crippen LogP contribution is 2.46. The average molecular weight is 497 g/mol. The summed E-state index contributed by atoms with van der Waals surface area (Å²) >= 11 is 1.40. The number of carbonyl (C=O) groups is 1. The second kappa shape index (κ2) is 9.61. The second-order valence-electron chi connectivity index (χ2n) is 8.23. The van der Waals surface area contributed by atoms with Gasteiger partial charge in [0.05, 0.1) is 21.3 Å². The third-order valence-corrected chi connectivity index (χ3v) is 7.04. The standard InChI is InChI=1S/C25H25FN4O4S/c1-32-19-12-21(34-3)20(33-2)11-16(19)23-22-17(8-5-9-18(22)31)27-24-28-25(29-30(23)24)35-13-14-6-4-7-15(26)10-14/h4,6-7,10-12,23H,5,8-9,13H2,1-3H3,(H,27,28,29)/t23-/m0/s1. The summed E-state index contributed by atoms with van der Waals surface area (Å²) in [6, 6.07) is 9.49. The number of nitrogens with one attached hydrogen (secondary N) is 1. The fraction of sp³-hybridized carbons (Fsp3) is 0.320. The predicted molar refractivity (Wildman–Crippen MR) is 130 cm³/mol. The van der Waals surface area contributed by atoms with E-state index in [-0.39, 0.29) is 11.6 Å². The Morgan fingerprint density at radius 3 is 2.60 bits per heavy atom. The number of ether oxygens (including phenoxy) is 3. The van der Waals surface area contributed by atoms with Gasteiger partial charge in [0.15, 0.2) is 17.3 Å². The minimum atomic E-state index is -0.542. The number of halogens is 1. The third kappa shape index (κ3) is 4.34. The van der Waals surface area contributed by atoms with Gasteiger partial charge in [-0.1, -0.05) is 23.9 Å². The van der Waals surface area contributed by atoms with Gasteiger partial charge in [-0.2, -0.15) is 4.98 Å². The number of methoxy groups -OCH3 is 3. The zero-order valence-corrected chi connectivity index (χ0v) is 20.4. The number of fused-ring (bicyclic) bond motifs is 1. The van der Waals surface area contributed by atoms with Crippen LogP contribution in [-0.4, -0.2) is 41.9 Å². The van der Waals surface area contributed by atoms with Gasteiger partial charge in [0.1, 0.15) is 17.6 Å². The number of hydrogen-bond acceptors (Lipinski definition) is 8. The van der Waals surface area contributed by atoms with Crippen molar-refractivity contribution in [1.82, 2.24) is 14.8 Å². The molecule has 2 heterocycles. The molecule has 1 N–H and O–H groups in total. The minimum Gasteiger partial charge on any atom is -0.496 e. The van der Waals surface area contributed by atoms with E-state index in [0.29, 0.717) is 46.1 Å². The molecule has 0 bridgehead atoms. The topological polar surface area (TPSA) is 87.5 Å². The summed E-state index contributed by atoms with van der Waals surface area (Å²) in [4.78, 5) is 17.8. The Kier molecular flexibility index (Phi) is 6.38. The molecule has 5 rings (SSSR count). The van der Waals surface area contributed by atoms with Crippen molar-refractivity contribution in [2.75, 3.05) is 26.6 Å². The van der Waals surface area contributed by atoms with Gasteiger partial charge in [0, 0.05) is 35.1 Å². The highest BCUT2D eigenvalue weighted by Gasteiger charge is 2.38. The van der Waals surface area contributed by atoms with Crippen LogP contribution < -0.4 is 19.5 Å². The van der Waals surface area contributed by atoms with E-state index in [9.17, 15) is 9.18 Å². The van der Waals surface area contributed by atoms with Crippen LogP contribution in [0.2, 0.25) is 0 Å².